The molecule has 0 aliphatic heterocycles. The SMILES string of the molecule is CNCNc1nc(S)nc(NCNc2nc(C)nc(S)n2)n1. The van der Waals surface area contributed by atoms with Crippen LogP contribution in [0.25, 0.3) is 0 Å². The van der Waals surface area contributed by atoms with Crippen LogP contribution >= 0.6 is 25.3 Å². The summed E-state index contributed by atoms with van der Waals surface area (Å²) >= 11 is 8.23. The highest BCUT2D eigenvalue weighted by molar-refractivity contribution is 7.80. The van der Waals surface area contributed by atoms with Crippen molar-refractivity contribution in [1.29, 1.82) is 0 Å². The molecule has 0 amide bonds. The highest BCUT2D eigenvalue weighted by Gasteiger charge is 2.04. The van der Waals surface area contributed by atoms with Crippen LogP contribution in [0.2, 0.25) is 0 Å². The number of thiol groups is 2. The van der Waals surface area contributed by atoms with E-state index in [4.69, 9.17) is 0 Å². The average Bonchev–Trinajstić information content (AvgIpc) is 2.43. The number of rotatable bonds is 7. The fourth-order valence-corrected chi connectivity index (χ4v) is 1.87. The highest BCUT2D eigenvalue weighted by atomic mass is 32.1. The van der Waals surface area contributed by atoms with Crippen molar-refractivity contribution < 1.29 is 0 Å². The molecule has 0 saturated heterocycles. The van der Waals surface area contributed by atoms with E-state index < -0.39 is 0 Å². The smallest absolute Gasteiger partial charge is 0.229 e. The first-order valence-electron chi connectivity index (χ1n) is 6.29. The van der Waals surface area contributed by atoms with Gasteiger partial charge in [0.25, 0.3) is 0 Å². The number of aryl methyl sites for hydroxylation is 1. The zero-order valence-electron chi connectivity index (χ0n) is 12.0. The average molecular weight is 340 g/mol. The molecule has 0 aliphatic carbocycles. The summed E-state index contributed by atoms with van der Waals surface area (Å²) in [5.74, 6) is 1.80. The number of anilines is 3. The van der Waals surface area contributed by atoms with E-state index in [2.05, 4.69) is 76.4 Å². The molecule has 118 valence electrons. The first-order chi connectivity index (χ1) is 10.6. The zero-order valence-corrected chi connectivity index (χ0v) is 13.8. The molecule has 0 unspecified atom stereocenters. The molecule has 2 aromatic heterocycles. The van der Waals surface area contributed by atoms with Crippen LogP contribution in [-0.2, 0) is 0 Å². The lowest BCUT2D eigenvalue weighted by atomic mass is 10.7. The van der Waals surface area contributed by atoms with Crippen molar-refractivity contribution in [3.63, 3.8) is 0 Å². The van der Waals surface area contributed by atoms with E-state index in [1.807, 2.05) is 7.05 Å². The minimum Gasteiger partial charge on any atom is -0.342 e. The maximum absolute atomic E-state index is 4.20. The van der Waals surface area contributed by atoms with Gasteiger partial charge in [0.1, 0.15) is 5.82 Å². The van der Waals surface area contributed by atoms with E-state index in [0.29, 0.717) is 47.3 Å². The van der Waals surface area contributed by atoms with E-state index in [0.717, 1.165) is 0 Å². The molecule has 4 N–H and O–H groups in total. The molecule has 2 heterocycles. The van der Waals surface area contributed by atoms with Crippen molar-refractivity contribution in [2.75, 3.05) is 36.3 Å². The van der Waals surface area contributed by atoms with E-state index in [-0.39, 0.29) is 0 Å². The minimum absolute atomic E-state index is 0.310. The van der Waals surface area contributed by atoms with Gasteiger partial charge in [0.15, 0.2) is 10.3 Å². The molecule has 0 aliphatic rings. The lowest BCUT2D eigenvalue weighted by Gasteiger charge is -2.09. The van der Waals surface area contributed by atoms with Crippen molar-refractivity contribution in [3.8, 4) is 0 Å². The van der Waals surface area contributed by atoms with Gasteiger partial charge >= 0.3 is 0 Å². The van der Waals surface area contributed by atoms with Gasteiger partial charge in [-0.05, 0) is 14.0 Å². The highest BCUT2D eigenvalue weighted by Crippen LogP contribution is 2.08. The van der Waals surface area contributed by atoms with Crippen molar-refractivity contribution in [2.24, 2.45) is 0 Å². The lowest BCUT2D eigenvalue weighted by Crippen LogP contribution is -2.20. The maximum Gasteiger partial charge on any atom is 0.229 e. The van der Waals surface area contributed by atoms with Gasteiger partial charge in [-0.25, -0.2) is 4.98 Å². The second-order valence-corrected chi connectivity index (χ2v) is 4.83. The van der Waals surface area contributed by atoms with Crippen LogP contribution in [0.5, 0.6) is 0 Å². The summed E-state index contributed by atoms with van der Waals surface area (Å²) in [6.45, 7) is 2.61. The number of nitrogens with zero attached hydrogens (tertiary/aromatic N) is 6. The summed E-state index contributed by atoms with van der Waals surface area (Å²) in [5.41, 5.74) is 0. The van der Waals surface area contributed by atoms with Gasteiger partial charge in [0.05, 0.1) is 13.3 Å². The Hall–Kier alpha value is -1.92. The van der Waals surface area contributed by atoms with Crippen molar-refractivity contribution in [1.82, 2.24) is 35.2 Å². The van der Waals surface area contributed by atoms with Gasteiger partial charge in [0.2, 0.25) is 17.8 Å². The zero-order chi connectivity index (χ0) is 15.9. The summed E-state index contributed by atoms with van der Waals surface area (Å²) < 4.78 is 0. The molecule has 0 atom stereocenters. The monoisotopic (exact) mass is 340 g/mol. The Balaban J connectivity index is 1.94. The minimum atomic E-state index is 0.310. The van der Waals surface area contributed by atoms with Crippen LogP contribution in [0.4, 0.5) is 17.8 Å². The van der Waals surface area contributed by atoms with Gasteiger partial charge in [0, 0.05) is 0 Å². The largest absolute Gasteiger partial charge is 0.342 e. The third-order valence-electron chi connectivity index (χ3n) is 2.28. The van der Waals surface area contributed by atoms with Crippen molar-refractivity contribution >= 4 is 43.1 Å². The third kappa shape index (κ3) is 5.13. The van der Waals surface area contributed by atoms with E-state index in [1.54, 1.807) is 6.92 Å². The topological polar surface area (TPSA) is 125 Å². The maximum atomic E-state index is 4.20. The molecule has 2 aromatic rings. The molecule has 2 rings (SSSR count). The van der Waals surface area contributed by atoms with Crippen LogP contribution in [0, 0.1) is 6.92 Å². The third-order valence-corrected chi connectivity index (χ3v) is 2.68. The molecule has 12 heteroatoms. The Kier molecular flexibility index (Phi) is 5.91. The molecule has 0 bridgehead atoms. The predicted octanol–water partition coefficient (Wildman–Crippen LogP) is 0.0127. The summed E-state index contributed by atoms with van der Waals surface area (Å²) in [6.07, 6.45) is 0. The second-order valence-electron chi connectivity index (χ2n) is 4.03. The molecule has 0 saturated carbocycles. The van der Waals surface area contributed by atoms with E-state index in [9.17, 15) is 0 Å². The lowest BCUT2D eigenvalue weighted by molar-refractivity contribution is 0.833. The van der Waals surface area contributed by atoms with Crippen LogP contribution in [-0.4, -0.2) is 50.3 Å². The number of hydrogen-bond acceptors (Lipinski definition) is 12. The van der Waals surface area contributed by atoms with Gasteiger partial charge < -0.3 is 21.3 Å². The Morgan fingerprint density at radius 2 is 1.23 bits per heavy atom. The molecule has 22 heavy (non-hydrogen) atoms. The summed E-state index contributed by atoms with van der Waals surface area (Å²) in [4.78, 5) is 24.5. The number of aromatic nitrogens is 6. The Morgan fingerprint density at radius 3 is 1.77 bits per heavy atom. The number of hydrogen-bond donors (Lipinski definition) is 6. The van der Waals surface area contributed by atoms with Gasteiger partial charge in [-0.15, -0.1) is 25.3 Å². The molecule has 0 aromatic carbocycles. The standard InChI is InChI=1S/C10H16N10S2/c1-5-15-6(18-9(21)16-5)13-4-14-8-17-7(12-3-11-2)19-10(22)20-8/h11H,3-4H2,1-2H3,(H2,13,15,16,18,21)(H3,12,14,17,19,20,22). The van der Waals surface area contributed by atoms with Gasteiger partial charge in [-0.2, -0.15) is 24.9 Å². The summed E-state index contributed by atoms with van der Waals surface area (Å²) in [5, 5.41) is 12.5. The van der Waals surface area contributed by atoms with Crippen LogP contribution < -0.4 is 21.3 Å². The normalized spacial score (nSPS) is 10.4. The van der Waals surface area contributed by atoms with Crippen LogP contribution in [0.15, 0.2) is 10.3 Å². The van der Waals surface area contributed by atoms with Crippen LogP contribution in [0.1, 0.15) is 5.82 Å². The first-order valence-corrected chi connectivity index (χ1v) is 7.19. The first kappa shape index (κ1) is 16.5. The fraction of sp³-hybridized carbons (Fsp3) is 0.400. The van der Waals surface area contributed by atoms with Gasteiger partial charge in [-0.1, -0.05) is 0 Å². The Bertz CT molecular complexity index is 617. The molecule has 0 spiro atoms. The fourth-order valence-electron chi connectivity index (χ4n) is 1.44. The predicted molar refractivity (Wildman–Crippen MR) is 88.6 cm³/mol. The summed E-state index contributed by atoms with van der Waals surface area (Å²) in [6, 6.07) is 0. The van der Waals surface area contributed by atoms with Crippen molar-refractivity contribution in [3.05, 3.63) is 5.82 Å². The van der Waals surface area contributed by atoms with Gasteiger partial charge in [-0.3, -0.25) is 0 Å². The molecule has 0 fully saturated rings. The van der Waals surface area contributed by atoms with E-state index in [1.165, 1.54) is 0 Å². The van der Waals surface area contributed by atoms with Crippen LogP contribution in [0.3, 0.4) is 0 Å². The number of nitrogens with one attached hydrogen (secondary N) is 4. The Morgan fingerprint density at radius 1 is 0.727 bits per heavy atom. The molecular formula is C10H16N10S2. The van der Waals surface area contributed by atoms with Crippen molar-refractivity contribution in [2.45, 2.75) is 17.2 Å². The molecular weight excluding hydrogens is 324 g/mol. The molecule has 0 radical (unpaired) electrons. The second kappa shape index (κ2) is 7.91. The summed E-state index contributed by atoms with van der Waals surface area (Å²) in [7, 11) is 1.81. The Labute approximate surface area is 138 Å². The van der Waals surface area contributed by atoms with E-state index >= 15 is 0 Å². The molecule has 10 nitrogen and oxygen atoms in total. The quantitative estimate of drug-likeness (QED) is 0.303.